The van der Waals surface area contributed by atoms with Gasteiger partial charge in [-0.1, -0.05) is 29.8 Å². The molecule has 0 saturated carbocycles. The average Bonchev–Trinajstić information content (AvgIpc) is 2.98. The minimum absolute atomic E-state index is 0.160. The molecule has 0 amide bonds. The maximum atomic E-state index is 12.5. The molecule has 0 fully saturated rings. The SMILES string of the molecule is Cc1[nH]n2c(=O)cc(COc3ccccn3)nc2c1-c1ccc(Cl)cc1. The fourth-order valence-corrected chi connectivity index (χ4v) is 2.94. The second-order valence-corrected chi connectivity index (χ2v) is 6.26. The summed E-state index contributed by atoms with van der Waals surface area (Å²) < 4.78 is 7.05. The van der Waals surface area contributed by atoms with Gasteiger partial charge in [0, 0.05) is 34.6 Å². The normalized spacial score (nSPS) is 11.0. The first-order valence-corrected chi connectivity index (χ1v) is 8.40. The molecule has 0 aliphatic rings. The van der Waals surface area contributed by atoms with Crippen molar-refractivity contribution in [3.8, 4) is 17.0 Å². The summed E-state index contributed by atoms with van der Waals surface area (Å²) >= 11 is 5.98. The van der Waals surface area contributed by atoms with E-state index in [1.165, 1.54) is 10.6 Å². The largest absolute Gasteiger partial charge is 0.471 e. The Labute approximate surface area is 154 Å². The number of aromatic nitrogens is 4. The summed E-state index contributed by atoms with van der Waals surface area (Å²) in [6, 6.07) is 14.3. The fraction of sp³-hybridized carbons (Fsp3) is 0.105. The molecular weight excluding hydrogens is 352 g/mol. The van der Waals surface area contributed by atoms with E-state index in [4.69, 9.17) is 16.3 Å². The van der Waals surface area contributed by atoms with E-state index in [2.05, 4.69) is 15.1 Å². The summed E-state index contributed by atoms with van der Waals surface area (Å²) in [4.78, 5) is 21.2. The van der Waals surface area contributed by atoms with Crippen molar-refractivity contribution in [2.24, 2.45) is 0 Å². The minimum atomic E-state index is -0.196. The van der Waals surface area contributed by atoms with E-state index in [9.17, 15) is 4.79 Å². The predicted octanol–water partition coefficient (Wildman–Crippen LogP) is 3.63. The van der Waals surface area contributed by atoms with Crippen LogP contribution < -0.4 is 10.3 Å². The van der Waals surface area contributed by atoms with Gasteiger partial charge in [-0.15, -0.1) is 0 Å². The number of halogens is 1. The molecule has 0 aliphatic heterocycles. The van der Waals surface area contributed by atoms with Crippen molar-refractivity contribution >= 4 is 17.2 Å². The summed E-state index contributed by atoms with van der Waals surface area (Å²) in [6.07, 6.45) is 1.65. The molecule has 3 aromatic heterocycles. The van der Waals surface area contributed by atoms with Gasteiger partial charge in [-0.2, -0.15) is 0 Å². The van der Waals surface area contributed by atoms with Crippen molar-refractivity contribution in [2.75, 3.05) is 0 Å². The van der Waals surface area contributed by atoms with Crippen molar-refractivity contribution in [3.05, 3.63) is 81.5 Å². The second-order valence-electron chi connectivity index (χ2n) is 5.82. The lowest BCUT2D eigenvalue weighted by Crippen LogP contribution is -2.16. The van der Waals surface area contributed by atoms with E-state index in [0.717, 1.165) is 16.8 Å². The quantitative estimate of drug-likeness (QED) is 0.598. The molecule has 130 valence electrons. The fourth-order valence-electron chi connectivity index (χ4n) is 2.81. The first-order chi connectivity index (χ1) is 12.6. The number of pyridine rings is 1. The van der Waals surface area contributed by atoms with Gasteiger partial charge in [0.05, 0.1) is 5.69 Å². The van der Waals surface area contributed by atoms with Crippen LogP contribution in [0.25, 0.3) is 16.8 Å². The van der Waals surface area contributed by atoms with Crippen molar-refractivity contribution < 1.29 is 4.74 Å². The summed E-state index contributed by atoms with van der Waals surface area (Å²) in [7, 11) is 0. The van der Waals surface area contributed by atoms with Gasteiger partial charge < -0.3 is 4.74 Å². The van der Waals surface area contributed by atoms with E-state index in [1.807, 2.05) is 43.3 Å². The molecule has 4 aromatic rings. The van der Waals surface area contributed by atoms with E-state index in [0.29, 0.717) is 22.2 Å². The standard InChI is InChI=1S/C19H15ClN4O2/c1-12-18(13-5-7-14(20)8-6-13)19-22-15(10-17(25)24(19)23-12)11-26-16-4-2-3-9-21-16/h2-10,23H,11H2,1H3. The monoisotopic (exact) mass is 366 g/mol. The number of hydrogen-bond donors (Lipinski definition) is 1. The summed E-state index contributed by atoms with van der Waals surface area (Å²) in [5.74, 6) is 0.484. The van der Waals surface area contributed by atoms with E-state index >= 15 is 0 Å². The number of fused-ring (bicyclic) bond motifs is 1. The summed E-state index contributed by atoms with van der Waals surface area (Å²) in [5.41, 5.74) is 3.53. The Kier molecular flexibility index (Phi) is 4.18. The molecule has 6 nitrogen and oxygen atoms in total. The Morgan fingerprint density at radius 1 is 1.19 bits per heavy atom. The first kappa shape index (κ1) is 16.4. The first-order valence-electron chi connectivity index (χ1n) is 8.03. The Morgan fingerprint density at radius 2 is 2.00 bits per heavy atom. The zero-order valence-corrected chi connectivity index (χ0v) is 14.7. The van der Waals surface area contributed by atoms with Gasteiger partial charge in [0.1, 0.15) is 6.61 Å². The molecule has 1 N–H and O–H groups in total. The molecule has 0 aliphatic carbocycles. The number of hydrogen-bond acceptors (Lipinski definition) is 4. The van der Waals surface area contributed by atoms with Crippen LogP contribution in [0.3, 0.4) is 0 Å². The van der Waals surface area contributed by atoms with Crippen LogP contribution in [-0.4, -0.2) is 19.6 Å². The van der Waals surface area contributed by atoms with Crippen molar-refractivity contribution in [1.29, 1.82) is 0 Å². The smallest absolute Gasteiger partial charge is 0.273 e. The van der Waals surface area contributed by atoms with Crippen LogP contribution in [0.4, 0.5) is 0 Å². The van der Waals surface area contributed by atoms with Crippen LogP contribution in [0.1, 0.15) is 11.4 Å². The molecule has 0 bridgehead atoms. The van der Waals surface area contributed by atoms with Gasteiger partial charge >= 0.3 is 0 Å². The third kappa shape index (κ3) is 3.07. The number of nitrogens with zero attached hydrogens (tertiary/aromatic N) is 3. The third-order valence-corrected chi connectivity index (χ3v) is 4.24. The number of aromatic amines is 1. The molecular formula is C19H15ClN4O2. The Balaban J connectivity index is 1.76. The van der Waals surface area contributed by atoms with E-state index in [-0.39, 0.29) is 12.2 Å². The highest BCUT2D eigenvalue weighted by atomic mass is 35.5. The lowest BCUT2D eigenvalue weighted by atomic mass is 10.1. The Hall–Kier alpha value is -3.12. The highest BCUT2D eigenvalue weighted by Gasteiger charge is 2.15. The van der Waals surface area contributed by atoms with Crippen molar-refractivity contribution in [2.45, 2.75) is 13.5 Å². The van der Waals surface area contributed by atoms with Crippen LogP contribution in [0, 0.1) is 6.92 Å². The summed E-state index contributed by atoms with van der Waals surface area (Å²) in [5, 5.41) is 3.72. The van der Waals surface area contributed by atoms with Crippen LogP contribution in [0.5, 0.6) is 5.88 Å². The number of ether oxygens (including phenoxy) is 1. The van der Waals surface area contributed by atoms with Crippen LogP contribution >= 0.6 is 11.6 Å². The molecule has 3 heterocycles. The predicted molar refractivity (Wildman–Crippen MR) is 99.6 cm³/mol. The van der Waals surface area contributed by atoms with E-state index < -0.39 is 0 Å². The highest BCUT2D eigenvalue weighted by molar-refractivity contribution is 6.30. The maximum Gasteiger partial charge on any atom is 0.273 e. The summed E-state index contributed by atoms with van der Waals surface area (Å²) in [6.45, 7) is 2.06. The zero-order chi connectivity index (χ0) is 18.1. The molecule has 0 radical (unpaired) electrons. The molecule has 1 aromatic carbocycles. The van der Waals surface area contributed by atoms with Crippen LogP contribution in [-0.2, 0) is 6.61 Å². The number of H-pyrrole nitrogens is 1. The van der Waals surface area contributed by atoms with Gasteiger partial charge in [-0.25, -0.2) is 14.5 Å². The van der Waals surface area contributed by atoms with Crippen molar-refractivity contribution in [1.82, 2.24) is 19.6 Å². The average molecular weight is 367 g/mol. The maximum absolute atomic E-state index is 12.5. The number of nitrogens with one attached hydrogen (secondary N) is 1. The second kappa shape index (κ2) is 6.65. The third-order valence-electron chi connectivity index (χ3n) is 3.99. The van der Waals surface area contributed by atoms with Gasteiger partial charge in [-0.05, 0) is 30.7 Å². The lowest BCUT2D eigenvalue weighted by Gasteiger charge is -2.05. The highest BCUT2D eigenvalue weighted by Crippen LogP contribution is 2.27. The Bertz CT molecular complexity index is 1120. The molecule has 0 spiro atoms. The molecule has 0 saturated heterocycles. The minimum Gasteiger partial charge on any atom is -0.471 e. The molecule has 4 rings (SSSR count). The molecule has 0 unspecified atom stereocenters. The number of rotatable bonds is 4. The number of benzene rings is 1. The zero-order valence-electron chi connectivity index (χ0n) is 13.9. The van der Waals surface area contributed by atoms with E-state index in [1.54, 1.807) is 12.3 Å². The van der Waals surface area contributed by atoms with Gasteiger partial charge in [0.2, 0.25) is 5.88 Å². The van der Waals surface area contributed by atoms with Gasteiger partial charge in [-0.3, -0.25) is 9.89 Å². The van der Waals surface area contributed by atoms with Gasteiger partial charge in [0.15, 0.2) is 5.65 Å². The van der Waals surface area contributed by atoms with Crippen LogP contribution in [0.2, 0.25) is 5.02 Å². The van der Waals surface area contributed by atoms with Crippen molar-refractivity contribution in [3.63, 3.8) is 0 Å². The van der Waals surface area contributed by atoms with Crippen LogP contribution in [0.15, 0.2) is 59.5 Å². The Morgan fingerprint density at radius 3 is 2.73 bits per heavy atom. The van der Waals surface area contributed by atoms with Gasteiger partial charge in [0.25, 0.3) is 5.56 Å². The topological polar surface area (TPSA) is 72.3 Å². The number of aryl methyl sites for hydroxylation is 1. The molecule has 26 heavy (non-hydrogen) atoms. The lowest BCUT2D eigenvalue weighted by molar-refractivity contribution is 0.289. The molecule has 0 atom stereocenters. The molecule has 7 heteroatoms.